The lowest BCUT2D eigenvalue weighted by atomic mass is 9.99. The van der Waals surface area contributed by atoms with Crippen LogP contribution in [0.4, 0.5) is 0 Å². The van der Waals surface area contributed by atoms with E-state index in [1.165, 1.54) is 16.5 Å². The fraction of sp³-hybridized carbons (Fsp3) is 0.0952. The normalized spacial score (nSPS) is 16.9. The highest BCUT2D eigenvalue weighted by Crippen LogP contribution is 2.39. The monoisotopic (exact) mass is 430 g/mol. The maximum Gasteiger partial charge on any atom is 0.279 e. The van der Waals surface area contributed by atoms with Crippen molar-refractivity contribution >= 4 is 38.9 Å². The van der Waals surface area contributed by atoms with Crippen molar-refractivity contribution in [3.05, 3.63) is 100 Å². The average Bonchev–Trinajstić information content (AvgIpc) is 3.15. The Hall–Kier alpha value is -2.34. The van der Waals surface area contributed by atoms with Crippen LogP contribution in [-0.4, -0.2) is 18.5 Å². The van der Waals surface area contributed by atoms with Gasteiger partial charge in [-0.2, -0.15) is 17.9 Å². The molecule has 0 saturated carbocycles. The lowest BCUT2D eigenvalue weighted by Crippen LogP contribution is -2.27. The van der Waals surface area contributed by atoms with Crippen LogP contribution in [0.2, 0.25) is 10.0 Å². The summed E-state index contributed by atoms with van der Waals surface area (Å²) in [4.78, 5) is 0.131. The standard InChI is InChI=1S/C21H16Cl2N2O2S/c22-16-10-12-17(13-11-16)28(26,27)25-21(18-8-4-5-9-19(18)23)14-20(24-25)15-6-2-1-3-7-15/h1-13,21H,14H2. The summed E-state index contributed by atoms with van der Waals surface area (Å²) in [5, 5.41) is 5.47. The Morgan fingerprint density at radius 1 is 0.857 bits per heavy atom. The van der Waals surface area contributed by atoms with Crippen molar-refractivity contribution in [3.63, 3.8) is 0 Å². The molecule has 0 bridgehead atoms. The summed E-state index contributed by atoms with van der Waals surface area (Å²) in [6.45, 7) is 0. The van der Waals surface area contributed by atoms with Gasteiger partial charge in [0.15, 0.2) is 0 Å². The smallest absolute Gasteiger partial charge is 0.200 e. The second-order valence-electron chi connectivity index (χ2n) is 6.39. The number of hydrogen-bond donors (Lipinski definition) is 0. The maximum atomic E-state index is 13.4. The van der Waals surface area contributed by atoms with Crippen molar-refractivity contribution in [1.82, 2.24) is 4.41 Å². The molecule has 0 fully saturated rings. The Labute approximate surface area is 174 Å². The van der Waals surface area contributed by atoms with Crippen LogP contribution in [0.5, 0.6) is 0 Å². The molecule has 28 heavy (non-hydrogen) atoms. The van der Waals surface area contributed by atoms with Gasteiger partial charge in [-0.3, -0.25) is 0 Å². The summed E-state index contributed by atoms with van der Waals surface area (Å²) in [5.41, 5.74) is 2.30. The fourth-order valence-electron chi connectivity index (χ4n) is 3.21. The number of hydrazone groups is 1. The fourth-order valence-corrected chi connectivity index (χ4v) is 5.02. The summed E-state index contributed by atoms with van der Waals surface area (Å²) in [6, 6.07) is 22.3. The highest BCUT2D eigenvalue weighted by Gasteiger charge is 2.38. The van der Waals surface area contributed by atoms with Gasteiger partial charge in [0.2, 0.25) is 0 Å². The van der Waals surface area contributed by atoms with E-state index in [4.69, 9.17) is 23.2 Å². The van der Waals surface area contributed by atoms with Crippen molar-refractivity contribution in [2.75, 3.05) is 0 Å². The zero-order chi connectivity index (χ0) is 19.7. The van der Waals surface area contributed by atoms with Gasteiger partial charge in [0, 0.05) is 16.5 Å². The van der Waals surface area contributed by atoms with E-state index in [2.05, 4.69) is 5.10 Å². The molecule has 0 N–H and O–H groups in total. The lowest BCUT2D eigenvalue weighted by Gasteiger charge is -2.24. The van der Waals surface area contributed by atoms with Crippen LogP contribution in [0.3, 0.4) is 0 Å². The molecular weight excluding hydrogens is 415 g/mol. The van der Waals surface area contributed by atoms with Gasteiger partial charge in [0.05, 0.1) is 16.6 Å². The van der Waals surface area contributed by atoms with Crippen molar-refractivity contribution in [2.24, 2.45) is 5.10 Å². The minimum absolute atomic E-state index is 0.131. The molecule has 142 valence electrons. The highest BCUT2D eigenvalue weighted by molar-refractivity contribution is 7.89. The van der Waals surface area contributed by atoms with E-state index < -0.39 is 16.1 Å². The van der Waals surface area contributed by atoms with E-state index >= 15 is 0 Å². The van der Waals surface area contributed by atoms with Crippen LogP contribution in [0.25, 0.3) is 0 Å². The summed E-state index contributed by atoms with van der Waals surface area (Å²) in [5.74, 6) is 0. The van der Waals surface area contributed by atoms with Crippen LogP contribution in [0.1, 0.15) is 23.6 Å². The van der Waals surface area contributed by atoms with Crippen molar-refractivity contribution in [3.8, 4) is 0 Å². The molecule has 4 rings (SSSR count). The third-order valence-electron chi connectivity index (χ3n) is 4.60. The molecule has 0 radical (unpaired) electrons. The molecule has 1 heterocycles. The van der Waals surface area contributed by atoms with Crippen molar-refractivity contribution < 1.29 is 8.42 Å². The zero-order valence-corrected chi connectivity index (χ0v) is 17.0. The summed E-state index contributed by atoms with van der Waals surface area (Å²) >= 11 is 12.3. The first kappa shape index (κ1) is 19.0. The Bertz CT molecular complexity index is 1130. The molecule has 1 aliphatic rings. The van der Waals surface area contributed by atoms with Crippen molar-refractivity contribution in [1.29, 1.82) is 0 Å². The number of rotatable bonds is 4. The Morgan fingerprint density at radius 2 is 1.50 bits per heavy atom. The van der Waals surface area contributed by atoms with Crippen LogP contribution < -0.4 is 0 Å². The molecule has 0 spiro atoms. The predicted molar refractivity (Wildman–Crippen MR) is 112 cm³/mol. The molecule has 0 aliphatic carbocycles. The quantitative estimate of drug-likeness (QED) is 0.545. The summed E-state index contributed by atoms with van der Waals surface area (Å²) in [7, 11) is -3.88. The number of benzene rings is 3. The Kier molecular flexibility index (Phi) is 5.15. The van der Waals surface area contributed by atoms with E-state index in [1.54, 1.807) is 18.2 Å². The first-order valence-electron chi connectivity index (χ1n) is 8.64. The molecule has 1 aliphatic heterocycles. The van der Waals surface area contributed by atoms with Gasteiger partial charge in [-0.25, -0.2) is 0 Å². The van der Waals surface area contributed by atoms with E-state index in [1.807, 2.05) is 48.5 Å². The maximum absolute atomic E-state index is 13.4. The molecule has 3 aromatic carbocycles. The number of nitrogens with zero attached hydrogens (tertiary/aromatic N) is 2. The number of sulfonamides is 1. The highest BCUT2D eigenvalue weighted by atomic mass is 35.5. The van der Waals surface area contributed by atoms with Gasteiger partial charge in [-0.05, 0) is 41.5 Å². The second kappa shape index (κ2) is 7.59. The third kappa shape index (κ3) is 3.53. The van der Waals surface area contributed by atoms with E-state index in [0.717, 1.165) is 11.1 Å². The van der Waals surface area contributed by atoms with Gasteiger partial charge in [0.1, 0.15) is 0 Å². The van der Waals surface area contributed by atoms with Gasteiger partial charge in [-0.15, -0.1) is 0 Å². The lowest BCUT2D eigenvalue weighted by molar-refractivity contribution is 0.371. The largest absolute Gasteiger partial charge is 0.279 e. The molecule has 0 amide bonds. The van der Waals surface area contributed by atoms with Crippen LogP contribution in [-0.2, 0) is 10.0 Å². The van der Waals surface area contributed by atoms with Gasteiger partial charge in [0.25, 0.3) is 10.0 Å². The Balaban J connectivity index is 1.82. The Morgan fingerprint density at radius 3 is 2.18 bits per heavy atom. The average molecular weight is 431 g/mol. The number of hydrogen-bond acceptors (Lipinski definition) is 3. The first-order chi connectivity index (χ1) is 13.5. The molecule has 4 nitrogen and oxygen atoms in total. The van der Waals surface area contributed by atoms with Crippen LogP contribution >= 0.6 is 23.2 Å². The van der Waals surface area contributed by atoms with E-state index in [-0.39, 0.29) is 4.90 Å². The molecule has 0 saturated heterocycles. The summed E-state index contributed by atoms with van der Waals surface area (Å²) in [6.07, 6.45) is 0.431. The molecule has 7 heteroatoms. The molecular formula is C21H16Cl2N2O2S. The SMILES string of the molecule is O=S(=O)(c1ccc(Cl)cc1)N1N=C(c2ccccc2)CC1c1ccccc1Cl. The van der Waals surface area contributed by atoms with Crippen LogP contribution in [0.15, 0.2) is 88.9 Å². The molecule has 0 aromatic heterocycles. The van der Waals surface area contributed by atoms with Crippen molar-refractivity contribution in [2.45, 2.75) is 17.4 Å². The summed E-state index contributed by atoms with van der Waals surface area (Å²) < 4.78 is 27.9. The minimum atomic E-state index is -3.88. The first-order valence-corrected chi connectivity index (χ1v) is 10.8. The van der Waals surface area contributed by atoms with E-state index in [0.29, 0.717) is 22.2 Å². The number of halogens is 2. The van der Waals surface area contributed by atoms with Gasteiger partial charge in [-0.1, -0.05) is 71.7 Å². The molecule has 3 aromatic rings. The second-order valence-corrected chi connectivity index (χ2v) is 9.02. The van der Waals surface area contributed by atoms with E-state index in [9.17, 15) is 8.42 Å². The van der Waals surface area contributed by atoms with Gasteiger partial charge >= 0.3 is 0 Å². The molecule has 1 atom stereocenters. The zero-order valence-electron chi connectivity index (χ0n) is 14.7. The topological polar surface area (TPSA) is 49.7 Å². The third-order valence-corrected chi connectivity index (χ3v) is 6.89. The van der Waals surface area contributed by atoms with Gasteiger partial charge < -0.3 is 0 Å². The predicted octanol–water partition coefficient (Wildman–Crippen LogP) is 5.53. The molecule has 1 unspecified atom stereocenters. The minimum Gasteiger partial charge on any atom is -0.200 e. The van der Waals surface area contributed by atoms with Crippen LogP contribution in [0, 0.1) is 0 Å².